The van der Waals surface area contributed by atoms with Gasteiger partial charge in [-0.2, -0.15) is 5.26 Å². The molecule has 0 heterocycles. The highest BCUT2D eigenvalue weighted by Crippen LogP contribution is 2.24. The lowest BCUT2D eigenvalue weighted by Gasteiger charge is -2.18. The number of carbonyl (C=O) groups is 1. The second-order valence-corrected chi connectivity index (χ2v) is 4.37. The maximum atomic E-state index is 12.0. The highest BCUT2D eigenvalue weighted by Gasteiger charge is 2.18. The van der Waals surface area contributed by atoms with Crippen LogP contribution in [-0.4, -0.2) is 20.0 Å². The fourth-order valence-corrected chi connectivity index (χ4v) is 1.73. The molecule has 0 spiro atoms. The molecule has 1 unspecified atom stereocenters. The second kappa shape index (κ2) is 6.65. The van der Waals surface area contributed by atoms with Gasteiger partial charge in [0.2, 0.25) is 5.91 Å². The van der Waals surface area contributed by atoms with Gasteiger partial charge in [0.05, 0.1) is 17.4 Å². The van der Waals surface area contributed by atoms with E-state index in [1.165, 1.54) is 0 Å². The van der Waals surface area contributed by atoms with Gasteiger partial charge in [0.15, 0.2) is 0 Å². The third kappa shape index (κ3) is 3.49. The van der Waals surface area contributed by atoms with Crippen molar-refractivity contribution in [3.63, 3.8) is 0 Å². The Morgan fingerprint density at radius 3 is 2.67 bits per heavy atom. The van der Waals surface area contributed by atoms with Gasteiger partial charge in [0.25, 0.3) is 0 Å². The Balaban J connectivity index is 2.85. The van der Waals surface area contributed by atoms with Crippen molar-refractivity contribution < 1.29 is 4.79 Å². The quantitative estimate of drug-likeness (QED) is 0.867. The van der Waals surface area contributed by atoms with Gasteiger partial charge in [-0.05, 0) is 18.6 Å². The number of amides is 1. The number of hydrogen-bond acceptors (Lipinski definition) is 3. The summed E-state index contributed by atoms with van der Waals surface area (Å²) in [5.41, 5.74) is 1.67. The van der Waals surface area contributed by atoms with Crippen molar-refractivity contribution in [3.05, 3.63) is 24.3 Å². The Kier molecular flexibility index (Phi) is 5.19. The minimum Gasteiger partial charge on any atom is -0.376 e. The summed E-state index contributed by atoms with van der Waals surface area (Å²) in [6.45, 7) is 1.96. The molecule has 4 heteroatoms. The largest absolute Gasteiger partial charge is 0.376 e. The van der Waals surface area contributed by atoms with E-state index in [0.717, 1.165) is 17.8 Å². The fourth-order valence-electron chi connectivity index (χ4n) is 1.73. The van der Waals surface area contributed by atoms with Gasteiger partial charge in [-0.25, -0.2) is 0 Å². The molecule has 18 heavy (non-hydrogen) atoms. The van der Waals surface area contributed by atoms with E-state index in [0.29, 0.717) is 6.42 Å². The maximum absolute atomic E-state index is 12.0. The van der Waals surface area contributed by atoms with Gasteiger partial charge in [-0.15, -0.1) is 0 Å². The normalized spacial score (nSPS) is 11.4. The zero-order chi connectivity index (χ0) is 13.5. The molecule has 1 aromatic carbocycles. The number of hydrogen-bond donors (Lipinski definition) is 1. The Morgan fingerprint density at radius 1 is 1.44 bits per heavy atom. The molecular weight excluding hydrogens is 226 g/mol. The Labute approximate surface area is 108 Å². The number of para-hydroxylation sites is 2. The zero-order valence-corrected chi connectivity index (χ0v) is 11.1. The molecule has 1 aromatic rings. The second-order valence-electron chi connectivity index (χ2n) is 4.37. The van der Waals surface area contributed by atoms with Crippen LogP contribution in [0.15, 0.2) is 24.3 Å². The van der Waals surface area contributed by atoms with Crippen LogP contribution in [0.25, 0.3) is 0 Å². The van der Waals surface area contributed by atoms with Gasteiger partial charge in [-0.3, -0.25) is 4.79 Å². The maximum Gasteiger partial charge on any atom is 0.241 e. The molecular formula is C14H19N3O. The van der Waals surface area contributed by atoms with Crippen LogP contribution in [0.3, 0.4) is 0 Å². The van der Waals surface area contributed by atoms with E-state index < -0.39 is 5.92 Å². The first-order chi connectivity index (χ1) is 8.60. The van der Waals surface area contributed by atoms with Crippen molar-refractivity contribution in [2.75, 3.05) is 24.3 Å². The molecule has 0 saturated heterocycles. The smallest absolute Gasteiger partial charge is 0.241 e. The van der Waals surface area contributed by atoms with Gasteiger partial charge >= 0.3 is 0 Å². The molecule has 4 nitrogen and oxygen atoms in total. The molecule has 1 atom stereocenters. The van der Waals surface area contributed by atoms with E-state index in [9.17, 15) is 4.79 Å². The van der Waals surface area contributed by atoms with Gasteiger partial charge in [0, 0.05) is 14.1 Å². The number of rotatable bonds is 5. The lowest BCUT2D eigenvalue weighted by Crippen LogP contribution is -2.23. The van der Waals surface area contributed by atoms with Crippen LogP contribution in [-0.2, 0) is 4.79 Å². The fraction of sp³-hybridized carbons (Fsp3) is 0.429. The number of nitrogens with zero attached hydrogens (tertiary/aromatic N) is 2. The number of nitrogens with one attached hydrogen (secondary N) is 1. The molecule has 96 valence electrons. The van der Waals surface area contributed by atoms with Crippen LogP contribution in [0.4, 0.5) is 11.4 Å². The molecule has 0 aliphatic rings. The predicted octanol–water partition coefficient (Wildman–Crippen LogP) is 2.63. The summed E-state index contributed by atoms with van der Waals surface area (Å²) < 4.78 is 0. The summed E-state index contributed by atoms with van der Waals surface area (Å²) in [7, 11) is 3.83. The number of carbonyl (C=O) groups excluding carboxylic acids is 1. The minimum atomic E-state index is -0.579. The third-order valence-electron chi connectivity index (χ3n) is 2.69. The standard InChI is InChI=1S/C14H19N3O/c1-4-7-11(10-15)14(18)16-12-8-5-6-9-13(12)17(2)3/h5-6,8-9,11H,4,7H2,1-3H3,(H,16,18). The molecule has 1 N–H and O–H groups in total. The Morgan fingerprint density at radius 2 is 2.11 bits per heavy atom. The van der Waals surface area contributed by atoms with Crippen LogP contribution in [0.2, 0.25) is 0 Å². The topological polar surface area (TPSA) is 56.1 Å². The van der Waals surface area contributed by atoms with Gasteiger partial charge in [0.1, 0.15) is 5.92 Å². The summed E-state index contributed by atoms with van der Waals surface area (Å²) in [5, 5.41) is 11.8. The molecule has 0 fully saturated rings. The molecule has 0 bridgehead atoms. The molecule has 0 aliphatic carbocycles. The van der Waals surface area contributed by atoms with E-state index >= 15 is 0 Å². The molecule has 1 rings (SSSR count). The summed E-state index contributed by atoms with van der Waals surface area (Å²) in [5.74, 6) is -0.807. The first-order valence-electron chi connectivity index (χ1n) is 6.07. The minimum absolute atomic E-state index is 0.228. The highest BCUT2D eigenvalue weighted by molar-refractivity contribution is 5.97. The number of nitriles is 1. The van der Waals surface area contributed by atoms with E-state index in [2.05, 4.69) is 5.32 Å². The van der Waals surface area contributed by atoms with Gasteiger partial charge < -0.3 is 10.2 Å². The SMILES string of the molecule is CCCC(C#N)C(=O)Nc1ccccc1N(C)C. The highest BCUT2D eigenvalue weighted by atomic mass is 16.1. The number of benzene rings is 1. The third-order valence-corrected chi connectivity index (χ3v) is 2.69. The van der Waals surface area contributed by atoms with Crippen molar-refractivity contribution in [2.45, 2.75) is 19.8 Å². The van der Waals surface area contributed by atoms with E-state index in [4.69, 9.17) is 5.26 Å². The summed E-state index contributed by atoms with van der Waals surface area (Å²) >= 11 is 0. The first kappa shape index (κ1) is 14.0. The molecule has 0 aliphatic heterocycles. The Bertz CT molecular complexity index is 449. The first-order valence-corrected chi connectivity index (χ1v) is 6.07. The van der Waals surface area contributed by atoms with Crippen molar-refractivity contribution >= 4 is 17.3 Å². The zero-order valence-electron chi connectivity index (χ0n) is 11.1. The summed E-state index contributed by atoms with van der Waals surface area (Å²) in [6.07, 6.45) is 1.41. The summed E-state index contributed by atoms with van der Waals surface area (Å²) in [4.78, 5) is 13.9. The van der Waals surface area contributed by atoms with Crippen LogP contribution in [0, 0.1) is 17.2 Å². The molecule has 0 radical (unpaired) electrons. The molecule has 1 amide bonds. The summed E-state index contributed by atoms with van der Waals surface area (Å²) in [6, 6.07) is 9.59. The van der Waals surface area contributed by atoms with Crippen LogP contribution < -0.4 is 10.2 Å². The average Bonchev–Trinajstić information content (AvgIpc) is 2.36. The lowest BCUT2D eigenvalue weighted by atomic mass is 10.0. The molecule has 0 aromatic heterocycles. The van der Waals surface area contributed by atoms with Crippen LogP contribution in [0.1, 0.15) is 19.8 Å². The monoisotopic (exact) mass is 245 g/mol. The van der Waals surface area contributed by atoms with Crippen molar-refractivity contribution in [1.29, 1.82) is 5.26 Å². The Hall–Kier alpha value is -2.02. The van der Waals surface area contributed by atoms with E-state index in [-0.39, 0.29) is 5.91 Å². The molecule has 0 saturated carbocycles. The van der Waals surface area contributed by atoms with Crippen LogP contribution >= 0.6 is 0 Å². The average molecular weight is 245 g/mol. The number of anilines is 2. The van der Waals surface area contributed by atoms with Crippen molar-refractivity contribution in [1.82, 2.24) is 0 Å². The van der Waals surface area contributed by atoms with Gasteiger partial charge in [-0.1, -0.05) is 25.5 Å². The lowest BCUT2D eigenvalue weighted by molar-refractivity contribution is -0.118. The predicted molar refractivity (Wildman–Crippen MR) is 73.4 cm³/mol. The van der Waals surface area contributed by atoms with Crippen LogP contribution in [0.5, 0.6) is 0 Å². The van der Waals surface area contributed by atoms with E-state index in [1.54, 1.807) is 0 Å². The van der Waals surface area contributed by atoms with Crippen molar-refractivity contribution in [2.24, 2.45) is 5.92 Å². The van der Waals surface area contributed by atoms with E-state index in [1.807, 2.05) is 56.3 Å². The van der Waals surface area contributed by atoms with Crippen molar-refractivity contribution in [3.8, 4) is 6.07 Å².